The maximum Gasteiger partial charge on any atom is 0.416 e. The van der Waals surface area contributed by atoms with E-state index in [1.165, 1.54) is 12.1 Å². The van der Waals surface area contributed by atoms with Crippen LogP contribution >= 0.6 is 0 Å². The quantitative estimate of drug-likeness (QED) is 0.647. The Bertz CT molecular complexity index is 428. The van der Waals surface area contributed by atoms with Crippen molar-refractivity contribution in [1.82, 2.24) is 4.98 Å². The van der Waals surface area contributed by atoms with Crippen LogP contribution in [-0.2, 0) is 6.18 Å². The maximum atomic E-state index is 12.2. The van der Waals surface area contributed by atoms with Gasteiger partial charge in [-0.15, -0.1) is 0 Å². The first kappa shape index (κ1) is 8.16. The van der Waals surface area contributed by atoms with Crippen LogP contribution in [0.3, 0.4) is 0 Å². The molecule has 0 aliphatic carbocycles. The van der Waals surface area contributed by atoms with Gasteiger partial charge < -0.3 is 4.98 Å². The molecule has 0 aliphatic rings. The standard InChI is InChI=1S/C9H5F3N/c10-9(11,12)7-1-2-8-6(5-7)3-4-13-8/h1-3,5,13H. The molecule has 0 saturated carbocycles. The van der Waals surface area contributed by atoms with Crippen LogP contribution in [0.25, 0.3) is 10.9 Å². The lowest BCUT2D eigenvalue weighted by atomic mass is 10.1. The molecule has 2 rings (SSSR count). The number of hydrogen-bond acceptors (Lipinski definition) is 0. The summed E-state index contributed by atoms with van der Waals surface area (Å²) in [5.74, 6) is 0. The van der Waals surface area contributed by atoms with E-state index in [-0.39, 0.29) is 0 Å². The summed E-state index contributed by atoms with van der Waals surface area (Å²) in [7, 11) is 0. The normalized spacial score (nSPS) is 12.2. The van der Waals surface area contributed by atoms with Crippen LogP contribution in [0.2, 0.25) is 0 Å². The third-order valence-electron chi connectivity index (χ3n) is 1.81. The minimum Gasteiger partial charge on any atom is -0.353 e. The van der Waals surface area contributed by atoms with Crippen molar-refractivity contribution in [2.45, 2.75) is 6.18 Å². The van der Waals surface area contributed by atoms with Crippen LogP contribution in [0.1, 0.15) is 5.56 Å². The van der Waals surface area contributed by atoms with Crippen LogP contribution in [-0.4, -0.2) is 4.98 Å². The van der Waals surface area contributed by atoms with Crippen LogP contribution in [0.4, 0.5) is 13.2 Å². The van der Waals surface area contributed by atoms with E-state index < -0.39 is 11.7 Å². The van der Waals surface area contributed by atoms with Gasteiger partial charge in [-0.1, -0.05) is 0 Å². The molecule has 0 atom stereocenters. The van der Waals surface area contributed by atoms with Gasteiger partial charge in [-0.05, 0) is 24.3 Å². The zero-order valence-corrected chi connectivity index (χ0v) is 6.44. The Morgan fingerprint density at radius 1 is 1.23 bits per heavy atom. The fourth-order valence-electron chi connectivity index (χ4n) is 1.16. The molecule has 1 heterocycles. The van der Waals surface area contributed by atoms with Gasteiger partial charge in [0.15, 0.2) is 0 Å². The molecule has 1 nitrogen and oxygen atoms in total. The number of aromatic amines is 1. The number of fused-ring (bicyclic) bond motifs is 1. The van der Waals surface area contributed by atoms with Gasteiger partial charge in [0, 0.05) is 10.9 Å². The first-order chi connectivity index (χ1) is 6.07. The second-order valence-electron chi connectivity index (χ2n) is 2.71. The van der Waals surface area contributed by atoms with E-state index in [0.717, 1.165) is 12.1 Å². The minimum atomic E-state index is -4.27. The number of H-pyrrole nitrogens is 1. The Kier molecular flexibility index (Phi) is 1.58. The first-order valence-corrected chi connectivity index (χ1v) is 3.63. The van der Waals surface area contributed by atoms with Gasteiger partial charge in [0.2, 0.25) is 0 Å². The highest BCUT2D eigenvalue weighted by Gasteiger charge is 2.30. The van der Waals surface area contributed by atoms with E-state index in [9.17, 15) is 13.2 Å². The summed E-state index contributed by atoms with van der Waals surface area (Å²) in [6.07, 6.45) is -1.65. The smallest absolute Gasteiger partial charge is 0.353 e. The van der Waals surface area contributed by atoms with Crippen LogP contribution in [0.5, 0.6) is 0 Å². The Labute approximate surface area is 72.2 Å². The molecule has 0 bridgehead atoms. The third-order valence-corrected chi connectivity index (χ3v) is 1.81. The SMILES string of the molecule is FC(F)(F)c1ccc2[nH][c]cc2c1. The summed E-state index contributed by atoms with van der Waals surface area (Å²) in [5, 5.41) is 0.523. The fraction of sp³-hybridized carbons (Fsp3) is 0.111. The van der Waals surface area contributed by atoms with Crippen molar-refractivity contribution in [3.8, 4) is 0 Å². The highest BCUT2D eigenvalue weighted by molar-refractivity contribution is 5.79. The van der Waals surface area contributed by atoms with Gasteiger partial charge >= 0.3 is 6.18 Å². The first-order valence-electron chi connectivity index (χ1n) is 3.63. The summed E-state index contributed by atoms with van der Waals surface area (Å²) >= 11 is 0. The Balaban J connectivity index is 2.61. The lowest BCUT2D eigenvalue weighted by molar-refractivity contribution is -0.137. The highest BCUT2D eigenvalue weighted by Crippen LogP contribution is 2.30. The third kappa shape index (κ3) is 1.39. The Morgan fingerprint density at radius 3 is 2.69 bits per heavy atom. The number of alkyl halides is 3. The van der Waals surface area contributed by atoms with Gasteiger partial charge in [0.25, 0.3) is 0 Å². The molecule has 2 aromatic rings. The number of rotatable bonds is 0. The zero-order chi connectivity index (χ0) is 9.47. The van der Waals surface area contributed by atoms with Crippen molar-refractivity contribution >= 4 is 10.9 Å². The van der Waals surface area contributed by atoms with E-state index in [0.29, 0.717) is 10.9 Å². The molecule has 4 heteroatoms. The lowest BCUT2D eigenvalue weighted by Crippen LogP contribution is -2.03. The second-order valence-corrected chi connectivity index (χ2v) is 2.71. The van der Waals surface area contributed by atoms with Crippen molar-refractivity contribution in [3.63, 3.8) is 0 Å². The predicted octanol–water partition coefficient (Wildman–Crippen LogP) is 2.99. The molecular weight excluding hydrogens is 179 g/mol. The number of benzene rings is 1. The summed E-state index contributed by atoms with van der Waals surface area (Å²) in [6, 6.07) is 5.04. The fourth-order valence-corrected chi connectivity index (χ4v) is 1.16. The molecule has 0 saturated heterocycles. The average Bonchev–Trinajstić information content (AvgIpc) is 2.47. The van der Waals surface area contributed by atoms with Crippen LogP contribution in [0.15, 0.2) is 24.3 Å². The summed E-state index contributed by atoms with van der Waals surface area (Å²) < 4.78 is 36.6. The van der Waals surface area contributed by atoms with Crippen molar-refractivity contribution in [2.24, 2.45) is 0 Å². The number of nitrogens with one attached hydrogen (secondary N) is 1. The molecule has 1 aromatic heterocycles. The molecule has 0 unspecified atom stereocenters. The van der Waals surface area contributed by atoms with E-state index >= 15 is 0 Å². The van der Waals surface area contributed by atoms with Gasteiger partial charge in [0.1, 0.15) is 0 Å². The molecule has 0 amide bonds. The van der Waals surface area contributed by atoms with Crippen molar-refractivity contribution in [1.29, 1.82) is 0 Å². The molecule has 0 spiro atoms. The van der Waals surface area contributed by atoms with E-state index in [1.54, 1.807) is 0 Å². The van der Waals surface area contributed by atoms with E-state index in [4.69, 9.17) is 0 Å². The average molecular weight is 184 g/mol. The topological polar surface area (TPSA) is 15.8 Å². The van der Waals surface area contributed by atoms with Gasteiger partial charge in [0.05, 0.1) is 11.8 Å². The lowest BCUT2D eigenvalue weighted by Gasteiger charge is -2.05. The Morgan fingerprint density at radius 2 is 2.00 bits per heavy atom. The highest BCUT2D eigenvalue weighted by atomic mass is 19.4. The molecule has 1 N–H and O–H groups in total. The van der Waals surface area contributed by atoms with Crippen molar-refractivity contribution in [2.75, 3.05) is 0 Å². The van der Waals surface area contributed by atoms with Crippen molar-refractivity contribution < 1.29 is 13.2 Å². The van der Waals surface area contributed by atoms with Gasteiger partial charge in [-0.25, -0.2) is 0 Å². The Hall–Kier alpha value is -1.45. The zero-order valence-electron chi connectivity index (χ0n) is 6.44. The number of aromatic nitrogens is 1. The molecule has 13 heavy (non-hydrogen) atoms. The molecule has 1 radical (unpaired) electrons. The minimum absolute atomic E-state index is 0.523. The monoisotopic (exact) mass is 184 g/mol. The molecule has 0 fully saturated rings. The van der Waals surface area contributed by atoms with E-state index in [2.05, 4.69) is 11.2 Å². The van der Waals surface area contributed by atoms with Crippen LogP contribution < -0.4 is 0 Å². The van der Waals surface area contributed by atoms with Gasteiger partial charge in [-0.2, -0.15) is 13.2 Å². The molecule has 67 valence electrons. The maximum absolute atomic E-state index is 12.2. The summed E-state index contributed by atoms with van der Waals surface area (Å²) in [4.78, 5) is 2.71. The molecule has 0 aliphatic heterocycles. The van der Waals surface area contributed by atoms with Crippen molar-refractivity contribution in [3.05, 3.63) is 36.0 Å². The summed E-state index contributed by atoms with van der Waals surface area (Å²) in [6.45, 7) is 0. The van der Waals surface area contributed by atoms with Gasteiger partial charge in [-0.3, -0.25) is 0 Å². The predicted molar refractivity (Wildman–Crippen MR) is 42.1 cm³/mol. The largest absolute Gasteiger partial charge is 0.416 e. The van der Waals surface area contributed by atoms with Crippen LogP contribution in [0, 0.1) is 6.20 Å². The summed E-state index contributed by atoms with van der Waals surface area (Å²) in [5.41, 5.74) is 0.0287. The van der Waals surface area contributed by atoms with E-state index in [1.807, 2.05) is 0 Å². The number of hydrogen-bond donors (Lipinski definition) is 1. The number of halogens is 3. The molecular formula is C9H5F3N. The second kappa shape index (κ2) is 2.52. The molecule has 1 aromatic carbocycles.